The molecule has 0 saturated carbocycles. The molecule has 0 aliphatic carbocycles. The van der Waals surface area contributed by atoms with E-state index in [0.29, 0.717) is 0 Å². The van der Waals surface area contributed by atoms with Gasteiger partial charge < -0.3 is 91.2 Å². The van der Waals surface area contributed by atoms with Crippen molar-refractivity contribution in [3.8, 4) is 0 Å². The molecule has 0 N–H and O–H groups in total. The zero-order valence-electron chi connectivity index (χ0n) is 21.5. The van der Waals surface area contributed by atoms with Crippen LogP contribution in [0.15, 0.2) is 71.8 Å². The Hall–Kier alpha value is 0.260. The van der Waals surface area contributed by atoms with Crippen LogP contribution in [0.1, 0.15) is 40.0 Å². The van der Waals surface area contributed by atoms with E-state index in [-0.39, 0.29) is 71.9 Å². The highest BCUT2D eigenvalue weighted by Gasteiger charge is 2.23. The Kier molecular flexibility index (Phi) is 18.6. The van der Waals surface area contributed by atoms with Gasteiger partial charge in [-0.25, -0.2) is 0 Å². The molecule has 3 aliphatic rings. The molecular weight excluding hydrogens is 794 g/mol. The lowest BCUT2D eigenvalue weighted by Crippen LogP contribution is -3.00. The summed E-state index contributed by atoms with van der Waals surface area (Å²) >= 11 is 0. The van der Waals surface area contributed by atoms with Crippen LogP contribution in [0.5, 0.6) is 0 Å². The lowest BCUT2D eigenvalue weighted by atomic mass is 10.1. The minimum Gasteiger partial charge on any atom is -1.00 e. The summed E-state index contributed by atoms with van der Waals surface area (Å²) in [5.41, 5.74) is 4.04. The van der Waals surface area contributed by atoms with Crippen molar-refractivity contribution in [3.05, 3.63) is 71.8 Å². The standard InChI is InChI=1S/C27H42N3OP.3HI/c1-4-28-16-7-25(8-17-28)13-22-32(31,23-14-26-9-18-29(5-2)19-10-26)24-15-27-11-20-30(6-3)21-12-27;;;/h7-12,16,18,20H,4-6,13-15,17,19,21-24H2,1-3H3;3*1H/p-3. The van der Waals surface area contributed by atoms with Gasteiger partial charge in [0.2, 0.25) is 0 Å². The summed E-state index contributed by atoms with van der Waals surface area (Å²) in [6.07, 6.45) is 25.4. The SMILES string of the molecule is CCN1C=CC(CCP(=O)(CCC2=CCN(CC)C=C2)CCC2=CCN(CC)C=C2)=CC1.[I-].[I-].[I-]. The maximum absolute atomic E-state index is 14.1. The number of hydrogen-bond acceptors (Lipinski definition) is 4. The minimum absolute atomic E-state index is 0. The monoisotopic (exact) mass is 836 g/mol. The highest BCUT2D eigenvalue weighted by molar-refractivity contribution is 7.63. The molecule has 35 heavy (non-hydrogen) atoms. The highest BCUT2D eigenvalue weighted by atomic mass is 127. The molecular formula is C27H42I3N3OP-3. The third-order valence-electron chi connectivity index (χ3n) is 6.90. The van der Waals surface area contributed by atoms with E-state index >= 15 is 0 Å². The molecule has 0 unspecified atom stereocenters. The molecule has 0 saturated heterocycles. The molecule has 3 rings (SSSR count). The number of allylic oxidation sites excluding steroid dienone is 6. The molecule has 0 spiro atoms. The van der Waals surface area contributed by atoms with Crippen LogP contribution in [-0.2, 0) is 4.57 Å². The second kappa shape index (κ2) is 18.5. The fourth-order valence-corrected chi connectivity index (χ4v) is 6.96. The van der Waals surface area contributed by atoms with Crippen molar-refractivity contribution >= 4 is 7.14 Å². The van der Waals surface area contributed by atoms with Crippen molar-refractivity contribution in [2.45, 2.75) is 40.0 Å². The normalized spacial score (nSPS) is 17.1. The van der Waals surface area contributed by atoms with Crippen LogP contribution in [0.3, 0.4) is 0 Å². The van der Waals surface area contributed by atoms with E-state index in [0.717, 1.165) is 77.0 Å². The largest absolute Gasteiger partial charge is 1.00 e. The lowest BCUT2D eigenvalue weighted by molar-refractivity contribution is -0.00100. The van der Waals surface area contributed by atoms with E-state index in [2.05, 4.69) is 90.5 Å². The van der Waals surface area contributed by atoms with Gasteiger partial charge in [0.25, 0.3) is 0 Å². The predicted molar refractivity (Wildman–Crippen MR) is 139 cm³/mol. The van der Waals surface area contributed by atoms with E-state index in [1.807, 2.05) is 0 Å². The number of halogens is 3. The minimum atomic E-state index is -2.25. The maximum atomic E-state index is 14.1. The molecule has 3 heterocycles. The summed E-state index contributed by atoms with van der Waals surface area (Å²) < 4.78 is 14.1. The lowest BCUT2D eigenvalue weighted by Gasteiger charge is -2.25. The molecule has 0 fully saturated rings. The van der Waals surface area contributed by atoms with Gasteiger partial charge in [0.1, 0.15) is 0 Å². The van der Waals surface area contributed by atoms with Gasteiger partial charge in [-0.15, -0.1) is 0 Å². The molecule has 200 valence electrons. The molecule has 8 heteroatoms. The van der Waals surface area contributed by atoms with Crippen molar-refractivity contribution in [1.82, 2.24) is 14.7 Å². The van der Waals surface area contributed by atoms with Gasteiger partial charge >= 0.3 is 0 Å². The van der Waals surface area contributed by atoms with Crippen molar-refractivity contribution in [2.75, 3.05) is 57.8 Å². The Bertz CT molecular complexity index is 754. The van der Waals surface area contributed by atoms with Crippen LogP contribution in [-0.4, -0.2) is 72.5 Å². The average molecular weight is 836 g/mol. The fourth-order valence-electron chi connectivity index (χ4n) is 4.29. The van der Waals surface area contributed by atoms with E-state index in [1.54, 1.807) is 0 Å². The van der Waals surface area contributed by atoms with E-state index in [4.69, 9.17) is 0 Å². The molecule has 0 bridgehead atoms. The molecule has 0 radical (unpaired) electrons. The average Bonchev–Trinajstić information content (AvgIpc) is 2.86. The molecule has 0 aromatic heterocycles. The Balaban J connectivity index is 0.00000385. The van der Waals surface area contributed by atoms with Crippen LogP contribution in [0, 0.1) is 0 Å². The first kappa shape index (κ1) is 35.3. The van der Waals surface area contributed by atoms with Gasteiger partial charge in [-0.05, 0) is 93.6 Å². The number of nitrogens with zero attached hydrogens (tertiary/aromatic N) is 3. The van der Waals surface area contributed by atoms with Crippen LogP contribution in [0.25, 0.3) is 0 Å². The van der Waals surface area contributed by atoms with Gasteiger partial charge in [0, 0.05) is 57.8 Å². The topological polar surface area (TPSA) is 26.8 Å². The summed E-state index contributed by atoms with van der Waals surface area (Å²) in [4.78, 5) is 6.89. The first-order valence-corrected chi connectivity index (χ1v) is 14.7. The molecule has 4 nitrogen and oxygen atoms in total. The van der Waals surface area contributed by atoms with Crippen molar-refractivity contribution in [3.63, 3.8) is 0 Å². The van der Waals surface area contributed by atoms with E-state index < -0.39 is 7.14 Å². The summed E-state index contributed by atoms with van der Waals surface area (Å²) in [5.74, 6) is 0. The Morgan fingerprint density at radius 2 is 0.886 bits per heavy atom. The third kappa shape index (κ3) is 12.1. The summed E-state index contributed by atoms with van der Waals surface area (Å²) in [6.45, 7) is 12.6. The first-order chi connectivity index (χ1) is 15.5. The van der Waals surface area contributed by atoms with Crippen LogP contribution in [0.2, 0.25) is 0 Å². The summed E-state index contributed by atoms with van der Waals surface area (Å²) in [5, 5.41) is 0. The van der Waals surface area contributed by atoms with E-state index in [9.17, 15) is 4.57 Å². The van der Waals surface area contributed by atoms with Crippen molar-refractivity contribution < 1.29 is 76.5 Å². The first-order valence-electron chi connectivity index (χ1n) is 12.4. The van der Waals surface area contributed by atoms with Gasteiger partial charge in [-0.1, -0.05) is 18.2 Å². The Morgan fingerprint density at radius 3 is 1.09 bits per heavy atom. The fraction of sp³-hybridized carbons (Fsp3) is 0.556. The molecule has 0 aromatic rings. The molecule has 0 amide bonds. The van der Waals surface area contributed by atoms with Gasteiger partial charge in [0.05, 0.1) is 7.14 Å². The Labute approximate surface area is 265 Å². The van der Waals surface area contributed by atoms with Crippen LogP contribution >= 0.6 is 7.14 Å². The quantitative estimate of drug-likeness (QED) is 0.154. The van der Waals surface area contributed by atoms with Crippen LogP contribution < -0.4 is 71.9 Å². The summed E-state index contributed by atoms with van der Waals surface area (Å²) in [6, 6.07) is 0. The molecule has 0 aromatic carbocycles. The summed E-state index contributed by atoms with van der Waals surface area (Å²) in [7, 11) is -2.25. The number of hydrogen-bond donors (Lipinski definition) is 0. The van der Waals surface area contributed by atoms with Gasteiger partial charge in [-0.3, -0.25) is 0 Å². The van der Waals surface area contributed by atoms with E-state index in [1.165, 1.54) is 16.7 Å². The van der Waals surface area contributed by atoms with Gasteiger partial charge in [0.15, 0.2) is 0 Å². The third-order valence-corrected chi connectivity index (χ3v) is 10.0. The van der Waals surface area contributed by atoms with Crippen molar-refractivity contribution in [1.29, 1.82) is 0 Å². The second-order valence-electron chi connectivity index (χ2n) is 9.03. The zero-order valence-corrected chi connectivity index (χ0v) is 28.9. The van der Waals surface area contributed by atoms with Gasteiger partial charge in [-0.2, -0.15) is 0 Å². The van der Waals surface area contributed by atoms with Crippen LogP contribution in [0.4, 0.5) is 0 Å². The van der Waals surface area contributed by atoms with Crippen molar-refractivity contribution in [2.24, 2.45) is 0 Å². The zero-order chi connectivity index (χ0) is 22.8. The Morgan fingerprint density at radius 1 is 0.600 bits per heavy atom. The maximum Gasteiger partial charge on any atom is 0.0887 e. The number of likely N-dealkylation sites (N-methyl/N-ethyl adjacent to an activating group) is 3. The number of rotatable bonds is 12. The molecule has 0 atom stereocenters. The smallest absolute Gasteiger partial charge is 0.0887 e. The predicted octanol–water partition coefficient (Wildman–Crippen LogP) is -3.14. The highest BCUT2D eigenvalue weighted by Crippen LogP contribution is 2.49. The second-order valence-corrected chi connectivity index (χ2v) is 12.5. The molecule has 3 aliphatic heterocycles.